The van der Waals surface area contributed by atoms with E-state index in [-0.39, 0.29) is 29.7 Å². The third-order valence-electron chi connectivity index (χ3n) is 4.71. The molecule has 30 heavy (non-hydrogen) atoms. The average molecular weight is 427 g/mol. The van der Waals surface area contributed by atoms with Gasteiger partial charge in [0.15, 0.2) is 0 Å². The molecule has 0 bridgehead atoms. The third kappa shape index (κ3) is 3.92. The number of aromatic nitrogens is 1. The van der Waals surface area contributed by atoms with Gasteiger partial charge in [-0.15, -0.1) is 0 Å². The van der Waals surface area contributed by atoms with E-state index in [1.807, 2.05) is 0 Å². The smallest absolute Gasteiger partial charge is 0.352 e. The molecular formula is C22H16ClFN2O4. The van der Waals surface area contributed by atoms with Crippen molar-refractivity contribution in [2.45, 2.75) is 13.1 Å². The lowest BCUT2D eigenvalue weighted by atomic mass is 10.1. The molecule has 0 spiro atoms. The molecule has 0 aliphatic carbocycles. The van der Waals surface area contributed by atoms with Gasteiger partial charge < -0.3 is 19.4 Å². The number of carboxylic acid groups (broad SMARTS) is 1. The van der Waals surface area contributed by atoms with Crippen molar-refractivity contribution in [3.63, 3.8) is 0 Å². The molecule has 0 saturated carbocycles. The molecule has 8 heteroatoms. The second-order valence-electron chi connectivity index (χ2n) is 6.70. The number of nitrogens with zero attached hydrogens (tertiary/aromatic N) is 1. The van der Waals surface area contributed by atoms with Gasteiger partial charge in [-0.3, -0.25) is 4.79 Å². The Morgan fingerprint density at radius 2 is 1.97 bits per heavy atom. The number of hydrogen-bond acceptors (Lipinski definition) is 3. The molecule has 1 amide bonds. The standard InChI is InChI=1S/C22H16ClFN2O4/c23-17-5-3-13(8-18(17)24)12-26-19-6-4-14(9-15(19)10-20(26)22(28)29)21(27)25-11-16-2-1-7-30-16/h1-10H,11-12H2,(H,25,27)(H,28,29). The number of halogens is 2. The van der Waals surface area contributed by atoms with E-state index in [4.69, 9.17) is 16.0 Å². The van der Waals surface area contributed by atoms with E-state index in [2.05, 4.69) is 5.32 Å². The maximum absolute atomic E-state index is 13.8. The number of aromatic carboxylic acids is 1. The Hall–Kier alpha value is -3.58. The quantitative estimate of drug-likeness (QED) is 0.468. The van der Waals surface area contributed by atoms with Crippen LogP contribution in [0.1, 0.15) is 32.2 Å². The summed E-state index contributed by atoms with van der Waals surface area (Å²) >= 11 is 5.72. The SMILES string of the molecule is O=C(NCc1ccco1)c1ccc2c(c1)cc(C(=O)O)n2Cc1ccc(Cl)c(F)c1. The predicted molar refractivity (Wildman–Crippen MR) is 109 cm³/mol. The summed E-state index contributed by atoms with van der Waals surface area (Å²) in [6, 6.07) is 14.2. The van der Waals surface area contributed by atoms with E-state index in [0.717, 1.165) is 0 Å². The van der Waals surface area contributed by atoms with Crippen LogP contribution in [0.15, 0.2) is 65.3 Å². The fraction of sp³-hybridized carbons (Fsp3) is 0.0909. The molecule has 6 nitrogen and oxygen atoms in total. The largest absolute Gasteiger partial charge is 0.477 e. The zero-order valence-electron chi connectivity index (χ0n) is 15.6. The Bertz CT molecular complexity index is 1250. The molecule has 4 aromatic rings. The minimum atomic E-state index is -1.12. The second-order valence-corrected chi connectivity index (χ2v) is 7.11. The summed E-state index contributed by atoms with van der Waals surface area (Å²) in [6.45, 7) is 0.386. The lowest BCUT2D eigenvalue weighted by molar-refractivity contribution is 0.0686. The van der Waals surface area contributed by atoms with Crippen LogP contribution in [0.2, 0.25) is 5.02 Å². The number of carboxylic acids is 1. The minimum absolute atomic E-state index is 0.000209. The van der Waals surface area contributed by atoms with Crippen LogP contribution in [0.4, 0.5) is 4.39 Å². The van der Waals surface area contributed by atoms with Crippen LogP contribution in [-0.4, -0.2) is 21.6 Å². The van der Waals surface area contributed by atoms with E-state index < -0.39 is 11.8 Å². The van der Waals surface area contributed by atoms with Crippen molar-refractivity contribution in [1.82, 2.24) is 9.88 Å². The summed E-state index contributed by atoms with van der Waals surface area (Å²) in [7, 11) is 0. The molecule has 2 N–H and O–H groups in total. The molecule has 0 fully saturated rings. The molecule has 152 valence electrons. The number of hydrogen-bond donors (Lipinski definition) is 2. The summed E-state index contributed by atoms with van der Waals surface area (Å²) in [4.78, 5) is 24.2. The third-order valence-corrected chi connectivity index (χ3v) is 5.02. The van der Waals surface area contributed by atoms with Crippen LogP contribution in [-0.2, 0) is 13.1 Å². The van der Waals surface area contributed by atoms with Crippen LogP contribution < -0.4 is 5.32 Å². The van der Waals surface area contributed by atoms with Crippen LogP contribution in [0.5, 0.6) is 0 Å². The first-order valence-electron chi connectivity index (χ1n) is 9.03. The number of carbonyl (C=O) groups is 2. The average Bonchev–Trinajstić information content (AvgIpc) is 3.36. The van der Waals surface area contributed by atoms with Gasteiger partial charge in [-0.2, -0.15) is 0 Å². The van der Waals surface area contributed by atoms with Crippen LogP contribution in [0.25, 0.3) is 10.9 Å². The zero-order valence-corrected chi connectivity index (χ0v) is 16.3. The second kappa shape index (κ2) is 8.04. The molecule has 0 aliphatic rings. The zero-order chi connectivity index (χ0) is 21.3. The van der Waals surface area contributed by atoms with Gasteiger partial charge in [0.05, 0.1) is 17.8 Å². The molecule has 0 atom stereocenters. The van der Waals surface area contributed by atoms with Crippen molar-refractivity contribution in [3.8, 4) is 0 Å². The van der Waals surface area contributed by atoms with E-state index in [1.54, 1.807) is 41.0 Å². The molecule has 0 saturated heterocycles. The highest BCUT2D eigenvalue weighted by Gasteiger charge is 2.17. The Balaban J connectivity index is 1.65. The molecule has 0 aliphatic heterocycles. The maximum atomic E-state index is 13.8. The van der Waals surface area contributed by atoms with Crippen LogP contribution in [0.3, 0.4) is 0 Å². The van der Waals surface area contributed by atoms with Gasteiger partial charge in [0, 0.05) is 23.0 Å². The molecule has 0 unspecified atom stereocenters. The monoisotopic (exact) mass is 426 g/mol. The normalized spacial score (nSPS) is 11.0. The highest BCUT2D eigenvalue weighted by molar-refractivity contribution is 6.30. The molecule has 4 rings (SSSR count). The number of nitrogens with one attached hydrogen (secondary N) is 1. The number of rotatable bonds is 6. The molecule has 0 radical (unpaired) electrons. The fourth-order valence-corrected chi connectivity index (χ4v) is 3.38. The van der Waals surface area contributed by atoms with Crippen molar-refractivity contribution in [2.24, 2.45) is 0 Å². The van der Waals surface area contributed by atoms with Gasteiger partial charge in [-0.25, -0.2) is 9.18 Å². The van der Waals surface area contributed by atoms with E-state index >= 15 is 0 Å². The number of furan rings is 1. The predicted octanol–water partition coefficient (Wildman–Crippen LogP) is 4.70. The van der Waals surface area contributed by atoms with Gasteiger partial charge in [-0.1, -0.05) is 17.7 Å². The summed E-state index contributed by atoms with van der Waals surface area (Å²) in [5, 5.41) is 12.9. The Kier molecular flexibility index (Phi) is 5.29. The Morgan fingerprint density at radius 3 is 2.67 bits per heavy atom. The summed E-state index contributed by atoms with van der Waals surface area (Å²) in [5.74, 6) is -1.38. The van der Waals surface area contributed by atoms with Crippen molar-refractivity contribution >= 4 is 34.4 Å². The molecule has 2 aromatic carbocycles. The van der Waals surface area contributed by atoms with Crippen molar-refractivity contribution < 1.29 is 23.5 Å². The maximum Gasteiger partial charge on any atom is 0.352 e. The first-order chi connectivity index (χ1) is 14.4. The van der Waals surface area contributed by atoms with Gasteiger partial charge in [-0.05, 0) is 54.1 Å². The topological polar surface area (TPSA) is 84.5 Å². The Morgan fingerprint density at radius 1 is 1.13 bits per heavy atom. The lowest BCUT2D eigenvalue weighted by Gasteiger charge is -2.10. The van der Waals surface area contributed by atoms with Gasteiger partial charge in [0.1, 0.15) is 17.3 Å². The summed E-state index contributed by atoms with van der Waals surface area (Å²) < 4.78 is 20.5. The highest BCUT2D eigenvalue weighted by Crippen LogP contribution is 2.24. The van der Waals surface area contributed by atoms with Gasteiger partial charge >= 0.3 is 5.97 Å². The lowest BCUT2D eigenvalue weighted by Crippen LogP contribution is -2.22. The van der Waals surface area contributed by atoms with Crippen molar-refractivity contribution in [1.29, 1.82) is 0 Å². The molecular weight excluding hydrogens is 411 g/mol. The van der Waals surface area contributed by atoms with Gasteiger partial charge in [0.25, 0.3) is 5.91 Å². The highest BCUT2D eigenvalue weighted by atomic mass is 35.5. The van der Waals surface area contributed by atoms with Gasteiger partial charge in [0.2, 0.25) is 0 Å². The van der Waals surface area contributed by atoms with E-state index in [1.165, 1.54) is 24.5 Å². The fourth-order valence-electron chi connectivity index (χ4n) is 3.26. The molecule has 2 aromatic heterocycles. The summed E-state index contributed by atoms with van der Waals surface area (Å²) in [6.07, 6.45) is 1.52. The number of amides is 1. The van der Waals surface area contributed by atoms with E-state index in [0.29, 0.717) is 27.8 Å². The Labute approximate surface area is 175 Å². The first-order valence-corrected chi connectivity index (χ1v) is 9.41. The first kappa shape index (κ1) is 19.7. The number of carbonyl (C=O) groups excluding carboxylic acids is 1. The van der Waals surface area contributed by atoms with Crippen molar-refractivity contribution in [2.75, 3.05) is 0 Å². The number of benzene rings is 2. The van der Waals surface area contributed by atoms with Crippen LogP contribution >= 0.6 is 11.6 Å². The molecule has 2 heterocycles. The summed E-state index contributed by atoms with van der Waals surface area (Å²) in [5.41, 5.74) is 1.61. The van der Waals surface area contributed by atoms with E-state index in [9.17, 15) is 19.1 Å². The van der Waals surface area contributed by atoms with Crippen LogP contribution in [0, 0.1) is 5.82 Å². The van der Waals surface area contributed by atoms with Crippen molar-refractivity contribution in [3.05, 3.63) is 94.3 Å². The number of fused-ring (bicyclic) bond motifs is 1. The minimum Gasteiger partial charge on any atom is -0.477 e.